The van der Waals surface area contributed by atoms with Crippen LogP contribution < -0.4 is 5.32 Å². The average Bonchev–Trinajstić information content (AvgIpc) is 2.60. The number of ether oxygens (including phenoxy) is 1. The van der Waals surface area contributed by atoms with Crippen LogP contribution in [0.4, 0.5) is 4.79 Å². The minimum absolute atomic E-state index is 0.0909. The molecule has 5 nitrogen and oxygen atoms in total. The molecule has 1 heterocycles. The number of hydrogen-bond donors (Lipinski definition) is 1. The first-order valence-corrected chi connectivity index (χ1v) is 8.86. The Balaban J connectivity index is 1.64. The molecule has 1 N–H and O–H groups in total. The van der Waals surface area contributed by atoms with Crippen LogP contribution in [-0.4, -0.2) is 37.1 Å². The van der Waals surface area contributed by atoms with Crippen LogP contribution in [-0.2, 0) is 15.1 Å². The highest BCUT2D eigenvalue weighted by Crippen LogP contribution is 2.53. The van der Waals surface area contributed by atoms with E-state index in [1.165, 1.54) is 31.9 Å². The van der Waals surface area contributed by atoms with Crippen LogP contribution in [0.5, 0.6) is 0 Å². The first kappa shape index (κ1) is 16.8. The molecule has 3 rings (SSSR count). The van der Waals surface area contributed by atoms with E-state index in [9.17, 15) is 9.59 Å². The van der Waals surface area contributed by atoms with Gasteiger partial charge in [-0.25, -0.2) is 4.79 Å². The number of methoxy groups -OCH3 is 1. The summed E-state index contributed by atoms with van der Waals surface area (Å²) >= 11 is 0. The minimum atomic E-state index is -0.445. The van der Waals surface area contributed by atoms with E-state index >= 15 is 0 Å². The van der Waals surface area contributed by atoms with Crippen molar-refractivity contribution in [2.45, 2.75) is 44.1 Å². The Kier molecular flexibility index (Phi) is 5.07. The van der Waals surface area contributed by atoms with Crippen molar-refractivity contribution in [1.82, 2.24) is 10.2 Å². The van der Waals surface area contributed by atoms with Crippen molar-refractivity contribution in [2.24, 2.45) is 5.92 Å². The third-order valence-corrected chi connectivity index (χ3v) is 5.52. The number of amides is 2. The summed E-state index contributed by atoms with van der Waals surface area (Å²) in [6.07, 6.45) is 5.38. The number of carbonyl (C=O) groups excluding carboxylic acids is 2. The summed E-state index contributed by atoms with van der Waals surface area (Å²) in [5.41, 5.74) is 1.19. The van der Waals surface area contributed by atoms with Crippen molar-refractivity contribution in [3.05, 3.63) is 35.9 Å². The lowest BCUT2D eigenvalue weighted by molar-refractivity contribution is -0.166. The quantitative estimate of drug-likeness (QED) is 0.844. The fourth-order valence-electron chi connectivity index (χ4n) is 4.32. The highest BCUT2D eigenvalue weighted by Gasteiger charge is 2.56. The van der Waals surface area contributed by atoms with Crippen LogP contribution in [0.1, 0.15) is 44.1 Å². The largest absolute Gasteiger partial charge is 0.453 e. The van der Waals surface area contributed by atoms with E-state index in [4.69, 9.17) is 0 Å². The summed E-state index contributed by atoms with van der Waals surface area (Å²) in [5, 5.41) is 2.63. The Hall–Kier alpha value is -2.04. The van der Waals surface area contributed by atoms with Gasteiger partial charge in [0.05, 0.1) is 12.6 Å². The number of fused-ring (bicyclic) bond motifs is 1. The lowest BCUT2D eigenvalue weighted by Gasteiger charge is -2.61. The van der Waals surface area contributed by atoms with E-state index in [2.05, 4.69) is 39.2 Å². The summed E-state index contributed by atoms with van der Waals surface area (Å²) in [6, 6.07) is 10.5. The lowest BCUT2D eigenvalue weighted by atomic mass is 9.61. The summed E-state index contributed by atoms with van der Waals surface area (Å²) in [7, 11) is 1.34. The molecule has 130 valence electrons. The first-order valence-electron chi connectivity index (χ1n) is 8.86. The summed E-state index contributed by atoms with van der Waals surface area (Å²) < 4.78 is 4.54. The molecule has 1 aromatic rings. The highest BCUT2D eigenvalue weighted by atomic mass is 16.5. The van der Waals surface area contributed by atoms with Gasteiger partial charge in [0.15, 0.2) is 0 Å². The summed E-state index contributed by atoms with van der Waals surface area (Å²) in [4.78, 5) is 25.9. The van der Waals surface area contributed by atoms with Gasteiger partial charge in [-0.15, -0.1) is 0 Å². The molecule has 1 saturated carbocycles. The van der Waals surface area contributed by atoms with Gasteiger partial charge in [-0.05, 0) is 24.8 Å². The second-order valence-electron chi connectivity index (χ2n) is 6.76. The molecule has 2 amide bonds. The van der Waals surface area contributed by atoms with Crippen LogP contribution >= 0.6 is 0 Å². The van der Waals surface area contributed by atoms with Crippen LogP contribution in [0.25, 0.3) is 0 Å². The van der Waals surface area contributed by atoms with Crippen molar-refractivity contribution in [1.29, 1.82) is 0 Å². The first-order chi connectivity index (χ1) is 11.7. The number of alkyl carbamates (subject to hydrolysis) is 1. The van der Waals surface area contributed by atoms with Gasteiger partial charge in [0.2, 0.25) is 5.91 Å². The molecule has 1 aliphatic carbocycles. The van der Waals surface area contributed by atoms with Crippen LogP contribution in [0, 0.1) is 5.92 Å². The second kappa shape index (κ2) is 7.24. The molecule has 0 unspecified atom stereocenters. The maximum absolute atomic E-state index is 12.8. The van der Waals surface area contributed by atoms with E-state index in [0.29, 0.717) is 25.3 Å². The fourth-order valence-corrected chi connectivity index (χ4v) is 4.32. The molecular formula is C19H26N2O3. The van der Waals surface area contributed by atoms with Gasteiger partial charge in [0.1, 0.15) is 0 Å². The van der Waals surface area contributed by atoms with Crippen molar-refractivity contribution in [2.75, 3.05) is 20.2 Å². The van der Waals surface area contributed by atoms with Gasteiger partial charge >= 0.3 is 6.09 Å². The smallest absolute Gasteiger partial charge is 0.406 e. The van der Waals surface area contributed by atoms with E-state index in [0.717, 1.165) is 13.0 Å². The Morgan fingerprint density at radius 3 is 2.79 bits per heavy atom. The molecule has 0 bridgehead atoms. The van der Waals surface area contributed by atoms with Crippen LogP contribution in [0.15, 0.2) is 30.3 Å². The third-order valence-electron chi connectivity index (χ3n) is 5.52. The summed E-state index contributed by atoms with van der Waals surface area (Å²) in [5.74, 6) is 0.787. The number of hydrogen-bond acceptors (Lipinski definition) is 3. The molecule has 2 atom stereocenters. The molecule has 1 aromatic carbocycles. The van der Waals surface area contributed by atoms with Gasteiger partial charge in [-0.2, -0.15) is 0 Å². The molecule has 2 aliphatic rings. The molecule has 1 aliphatic heterocycles. The summed E-state index contributed by atoms with van der Waals surface area (Å²) in [6.45, 7) is 1.34. The Morgan fingerprint density at radius 2 is 2.08 bits per heavy atom. The number of benzene rings is 1. The zero-order valence-electron chi connectivity index (χ0n) is 14.3. The minimum Gasteiger partial charge on any atom is -0.453 e. The molecule has 2 fully saturated rings. The Bertz CT molecular complexity index is 590. The SMILES string of the molecule is COC(=O)NCCCC(=O)N1C[C@H]2CCCC[C@@]21c1ccccc1. The highest BCUT2D eigenvalue weighted by molar-refractivity contribution is 5.79. The number of rotatable bonds is 5. The van der Waals surface area contributed by atoms with Gasteiger partial charge in [-0.3, -0.25) is 4.79 Å². The molecular weight excluding hydrogens is 304 g/mol. The van der Waals surface area contributed by atoms with E-state index in [1.54, 1.807) is 0 Å². The number of carbonyl (C=O) groups is 2. The average molecular weight is 330 g/mol. The molecule has 1 saturated heterocycles. The van der Waals surface area contributed by atoms with Gasteiger partial charge in [0.25, 0.3) is 0 Å². The zero-order valence-corrected chi connectivity index (χ0v) is 14.3. The van der Waals surface area contributed by atoms with Crippen LogP contribution in [0.2, 0.25) is 0 Å². The van der Waals surface area contributed by atoms with Gasteiger partial charge < -0.3 is 15.0 Å². The maximum Gasteiger partial charge on any atom is 0.406 e. The molecule has 0 aromatic heterocycles. The monoisotopic (exact) mass is 330 g/mol. The molecule has 0 spiro atoms. The maximum atomic E-state index is 12.8. The zero-order chi connectivity index (χ0) is 17.0. The Morgan fingerprint density at radius 1 is 1.29 bits per heavy atom. The van der Waals surface area contributed by atoms with E-state index < -0.39 is 6.09 Å². The fraction of sp³-hybridized carbons (Fsp3) is 0.579. The predicted molar refractivity (Wildman–Crippen MR) is 91.4 cm³/mol. The normalized spacial score (nSPS) is 25.4. The number of nitrogens with one attached hydrogen (secondary N) is 1. The van der Waals surface area contributed by atoms with E-state index in [-0.39, 0.29) is 11.4 Å². The van der Waals surface area contributed by atoms with Crippen molar-refractivity contribution in [3.8, 4) is 0 Å². The van der Waals surface area contributed by atoms with Gasteiger partial charge in [0, 0.05) is 25.4 Å². The predicted octanol–water partition coefficient (Wildman–Crippen LogP) is 3.05. The van der Waals surface area contributed by atoms with Crippen molar-refractivity contribution in [3.63, 3.8) is 0 Å². The molecule has 24 heavy (non-hydrogen) atoms. The van der Waals surface area contributed by atoms with Crippen LogP contribution in [0.3, 0.4) is 0 Å². The van der Waals surface area contributed by atoms with Crippen molar-refractivity contribution < 1.29 is 14.3 Å². The van der Waals surface area contributed by atoms with Crippen molar-refractivity contribution >= 4 is 12.0 Å². The third kappa shape index (κ3) is 2.99. The molecule has 0 radical (unpaired) electrons. The molecule has 5 heteroatoms. The standard InChI is InChI=1S/C19H26N2O3/c1-24-18(23)20-13-7-11-17(22)21-14-16-10-5-6-12-19(16,21)15-8-3-2-4-9-15/h2-4,8-9,16H,5-7,10-14H2,1H3,(H,20,23)/t16-,19-/m1/s1. The topological polar surface area (TPSA) is 58.6 Å². The van der Waals surface area contributed by atoms with E-state index in [1.807, 2.05) is 6.07 Å². The Labute approximate surface area is 143 Å². The number of likely N-dealkylation sites (tertiary alicyclic amines) is 1. The van der Waals surface area contributed by atoms with Gasteiger partial charge in [-0.1, -0.05) is 43.2 Å². The second-order valence-corrected chi connectivity index (χ2v) is 6.76. The number of nitrogens with zero attached hydrogens (tertiary/aromatic N) is 1. The lowest BCUT2D eigenvalue weighted by Crippen LogP contribution is -2.67.